The Morgan fingerprint density at radius 2 is 1.85 bits per heavy atom. The summed E-state index contributed by atoms with van der Waals surface area (Å²) in [7, 11) is 1.44. The molecule has 0 atom stereocenters. The quantitative estimate of drug-likeness (QED) is 0.303. The van der Waals surface area contributed by atoms with Gasteiger partial charge in [0.2, 0.25) is 0 Å². The summed E-state index contributed by atoms with van der Waals surface area (Å²) in [6, 6.07) is 8.35. The molecule has 0 aliphatic carbocycles. The fourth-order valence-corrected chi connectivity index (χ4v) is 3.81. The lowest BCUT2D eigenvalue weighted by atomic mass is 10.1. The van der Waals surface area contributed by atoms with Crippen LogP contribution in [0.3, 0.4) is 0 Å². The number of imidazole rings is 1. The molecule has 39 heavy (non-hydrogen) atoms. The van der Waals surface area contributed by atoms with Crippen molar-refractivity contribution in [3.63, 3.8) is 0 Å². The van der Waals surface area contributed by atoms with E-state index in [9.17, 15) is 18.0 Å². The summed E-state index contributed by atoms with van der Waals surface area (Å²) in [4.78, 5) is 33.9. The number of carbonyl (C=O) groups is 1. The van der Waals surface area contributed by atoms with Crippen molar-refractivity contribution >= 4 is 34.1 Å². The van der Waals surface area contributed by atoms with Crippen LogP contribution in [0, 0.1) is 13.8 Å². The number of alkyl halides is 3. The normalized spacial score (nSPS) is 11.4. The van der Waals surface area contributed by atoms with Crippen molar-refractivity contribution < 1.29 is 22.7 Å². The van der Waals surface area contributed by atoms with E-state index in [-0.39, 0.29) is 17.3 Å². The molecule has 0 aliphatic heterocycles. The number of methoxy groups -OCH3 is 1. The van der Waals surface area contributed by atoms with E-state index in [0.29, 0.717) is 33.9 Å². The summed E-state index contributed by atoms with van der Waals surface area (Å²) in [6.07, 6.45) is 1.18. The second-order valence-corrected chi connectivity index (χ2v) is 8.61. The van der Waals surface area contributed by atoms with Gasteiger partial charge in [-0.15, -0.1) is 0 Å². The van der Waals surface area contributed by atoms with E-state index in [4.69, 9.17) is 4.74 Å². The minimum Gasteiger partial charge on any atom is -0.467 e. The summed E-state index contributed by atoms with van der Waals surface area (Å²) >= 11 is 0. The SMILES string of the molecule is COc1ncc2ncnc(Nc3cc(NC(=O)c4cc(-n5cnc(C)c5)cc(C(F)(F)F)c4)ccc3C)c2n1. The first-order valence-electron chi connectivity index (χ1n) is 11.5. The second-order valence-electron chi connectivity index (χ2n) is 8.61. The standard InChI is InChI=1S/C26H21F3N8O2/c1-14-4-5-18(9-20(14)35-23-22-21(31-12-32-23)10-30-25(36-22)39-3)34-24(38)16-6-17(26(27,28)29)8-19(7-16)37-11-15(2)33-13-37/h4-13H,1-3H3,(H,34,38)(H,31,32,35). The topological polar surface area (TPSA) is 120 Å². The Labute approximate surface area is 219 Å². The van der Waals surface area contributed by atoms with Crippen molar-refractivity contribution in [2.24, 2.45) is 0 Å². The Kier molecular flexibility index (Phi) is 6.56. The summed E-state index contributed by atoms with van der Waals surface area (Å²) in [5.74, 6) is -0.329. The largest absolute Gasteiger partial charge is 0.467 e. The van der Waals surface area contributed by atoms with E-state index in [1.165, 1.54) is 36.6 Å². The van der Waals surface area contributed by atoms with Crippen LogP contribution in [-0.4, -0.2) is 42.5 Å². The van der Waals surface area contributed by atoms with E-state index in [2.05, 4.69) is 35.6 Å². The number of halogens is 3. The number of amides is 1. The summed E-state index contributed by atoms with van der Waals surface area (Å²) in [5, 5.41) is 5.85. The maximum absolute atomic E-state index is 13.6. The highest BCUT2D eigenvalue weighted by Gasteiger charge is 2.32. The van der Waals surface area contributed by atoms with Crippen molar-refractivity contribution in [1.82, 2.24) is 29.5 Å². The van der Waals surface area contributed by atoms with Crippen LogP contribution in [0.25, 0.3) is 16.7 Å². The lowest BCUT2D eigenvalue weighted by molar-refractivity contribution is -0.137. The minimum atomic E-state index is -4.64. The molecule has 0 saturated heterocycles. The Morgan fingerprint density at radius 3 is 2.56 bits per heavy atom. The van der Waals surface area contributed by atoms with E-state index >= 15 is 0 Å². The first-order valence-corrected chi connectivity index (χ1v) is 11.5. The molecule has 0 spiro atoms. The van der Waals surface area contributed by atoms with Crippen LogP contribution >= 0.6 is 0 Å². The first-order chi connectivity index (χ1) is 18.6. The van der Waals surface area contributed by atoms with Crippen LogP contribution in [0.2, 0.25) is 0 Å². The van der Waals surface area contributed by atoms with E-state index in [1.807, 2.05) is 6.92 Å². The zero-order valence-electron chi connectivity index (χ0n) is 20.9. The van der Waals surface area contributed by atoms with Gasteiger partial charge in [-0.3, -0.25) is 4.79 Å². The van der Waals surface area contributed by atoms with Crippen molar-refractivity contribution in [3.05, 3.63) is 83.8 Å². The van der Waals surface area contributed by atoms with Gasteiger partial charge in [0.1, 0.15) is 17.4 Å². The molecule has 0 radical (unpaired) electrons. The van der Waals surface area contributed by atoms with Gasteiger partial charge in [0, 0.05) is 28.8 Å². The molecule has 0 unspecified atom stereocenters. The molecule has 5 aromatic rings. The Hall–Kier alpha value is -5.07. The number of aryl methyl sites for hydroxylation is 2. The fraction of sp³-hybridized carbons (Fsp3) is 0.154. The average Bonchev–Trinajstić information content (AvgIpc) is 3.36. The molecule has 1 amide bonds. The van der Waals surface area contributed by atoms with E-state index < -0.39 is 17.6 Å². The fourth-order valence-electron chi connectivity index (χ4n) is 3.81. The third kappa shape index (κ3) is 5.46. The number of nitrogens with one attached hydrogen (secondary N) is 2. The highest BCUT2D eigenvalue weighted by Crippen LogP contribution is 2.32. The van der Waals surface area contributed by atoms with E-state index in [0.717, 1.165) is 17.7 Å². The lowest BCUT2D eigenvalue weighted by Crippen LogP contribution is -2.15. The number of ether oxygens (including phenoxy) is 1. The maximum Gasteiger partial charge on any atom is 0.416 e. The molecule has 2 aromatic carbocycles. The molecule has 0 bridgehead atoms. The Bertz CT molecular complexity index is 1700. The van der Waals surface area contributed by atoms with Gasteiger partial charge in [-0.25, -0.2) is 19.9 Å². The van der Waals surface area contributed by atoms with Crippen LogP contribution in [-0.2, 0) is 6.18 Å². The third-order valence-corrected chi connectivity index (χ3v) is 5.80. The van der Waals surface area contributed by atoms with Crippen LogP contribution < -0.4 is 15.4 Å². The monoisotopic (exact) mass is 534 g/mol. The van der Waals surface area contributed by atoms with Gasteiger partial charge in [-0.1, -0.05) is 6.07 Å². The van der Waals surface area contributed by atoms with Gasteiger partial charge in [-0.2, -0.15) is 18.2 Å². The summed E-state index contributed by atoms with van der Waals surface area (Å²) in [5.41, 5.74) is 2.35. The molecule has 198 valence electrons. The molecule has 3 aromatic heterocycles. The molecule has 13 heteroatoms. The zero-order chi connectivity index (χ0) is 27.7. The second kappa shape index (κ2) is 10.0. The van der Waals surface area contributed by atoms with Gasteiger partial charge in [0.25, 0.3) is 5.91 Å². The predicted molar refractivity (Wildman–Crippen MR) is 137 cm³/mol. The number of aromatic nitrogens is 6. The van der Waals surface area contributed by atoms with Crippen molar-refractivity contribution in [2.45, 2.75) is 20.0 Å². The number of anilines is 3. The Morgan fingerprint density at radius 1 is 1.03 bits per heavy atom. The highest BCUT2D eigenvalue weighted by molar-refractivity contribution is 6.05. The van der Waals surface area contributed by atoms with Crippen LogP contribution in [0.15, 0.2) is 61.4 Å². The number of benzene rings is 2. The van der Waals surface area contributed by atoms with Crippen molar-refractivity contribution in [1.29, 1.82) is 0 Å². The van der Waals surface area contributed by atoms with Crippen LogP contribution in [0.5, 0.6) is 6.01 Å². The summed E-state index contributed by atoms with van der Waals surface area (Å²) < 4.78 is 47.4. The smallest absolute Gasteiger partial charge is 0.416 e. The lowest BCUT2D eigenvalue weighted by Gasteiger charge is -2.15. The van der Waals surface area contributed by atoms with E-state index in [1.54, 1.807) is 31.3 Å². The van der Waals surface area contributed by atoms with Crippen molar-refractivity contribution in [3.8, 4) is 11.7 Å². The van der Waals surface area contributed by atoms with Gasteiger partial charge in [0.05, 0.1) is 30.9 Å². The molecule has 3 heterocycles. The molecule has 0 saturated carbocycles. The predicted octanol–water partition coefficient (Wildman–Crippen LogP) is 5.25. The molecule has 5 rings (SSSR count). The molecular weight excluding hydrogens is 513 g/mol. The molecule has 10 nitrogen and oxygen atoms in total. The van der Waals surface area contributed by atoms with Crippen molar-refractivity contribution in [2.75, 3.05) is 17.7 Å². The summed E-state index contributed by atoms with van der Waals surface area (Å²) in [6.45, 7) is 3.56. The Balaban J connectivity index is 1.45. The van der Waals surface area contributed by atoms with Gasteiger partial charge >= 0.3 is 12.2 Å². The van der Waals surface area contributed by atoms with Gasteiger partial charge in [-0.05, 0) is 49.7 Å². The van der Waals surface area contributed by atoms with Crippen LogP contribution in [0.1, 0.15) is 27.2 Å². The van der Waals surface area contributed by atoms with Gasteiger partial charge in [0.15, 0.2) is 5.82 Å². The maximum atomic E-state index is 13.6. The molecular formula is C26H21F3N8O2. The highest BCUT2D eigenvalue weighted by atomic mass is 19.4. The van der Waals surface area contributed by atoms with Crippen LogP contribution in [0.4, 0.5) is 30.4 Å². The molecule has 0 fully saturated rings. The van der Waals surface area contributed by atoms with Gasteiger partial charge < -0.3 is 19.9 Å². The zero-order valence-corrected chi connectivity index (χ0v) is 20.9. The number of fused-ring (bicyclic) bond motifs is 1. The number of nitrogens with zero attached hydrogens (tertiary/aromatic N) is 6. The minimum absolute atomic E-state index is 0.143. The molecule has 0 aliphatic rings. The molecule has 2 N–H and O–H groups in total. The number of rotatable bonds is 6. The number of hydrogen-bond donors (Lipinski definition) is 2. The third-order valence-electron chi connectivity index (χ3n) is 5.80. The average molecular weight is 535 g/mol. The number of carbonyl (C=O) groups excluding carboxylic acids is 1. The first kappa shape index (κ1) is 25.6. The number of hydrogen-bond acceptors (Lipinski definition) is 8.